The summed E-state index contributed by atoms with van der Waals surface area (Å²) in [4.78, 5) is 11.9. The molecule has 0 aliphatic rings. The van der Waals surface area contributed by atoms with Crippen LogP contribution in [0.2, 0.25) is 0 Å². The first kappa shape index (κ1) is 14.1. The minimum Gasteiger partial charge on any atom is -0.320 e. The fraction of sp³-hybridized carbons (Fsp3) is 0.154. The first-order valence-corrected chi connectivity index (χ1v) is 6.51. The number of carbonyl (C=O) groups is 1. The van der Waals surface area contributed by atoms with E-state index in [9.17, 15) is 9.18 Å². The van der Waals surface area contributed by atoms with Crippen LogP contribution >= 0.6 is 11.3 Å². The Morgan fingerprint density at radius 2 is 2.30 bits per heavy atom. The lowest BCUT2D eigenvalue weighted by molar-refractivity contribution is 0.102. The summed E-state index contributed by atoms with van der Waals surface area (Å²) in [6, 6.07) is 4.06. The van der Waals surface area contributed by atoms with Gasteiger partial charge in [-0.15, -0.1) is 10.2 Å². The number of aryl methyl sites for hydroxylation is 1. The number of nitrogens with two attached hydrogens (primary N) is 1. The highest BCUT2D eigenvalue weighted by atomic mass is 32.1. The molecule has 0 saturated carbocycles. The number of nitrogens with one attached hydrogen (secondary N) is 1. The summed E-state index contributed by atoms with van der Waals surface area (Å²) in [7, 11) is 0. The number of amides is 1. The van der Waals surface area contributed by atoms with Gasteiger partial charge in [0.1, 0.15) is 10.8 Å². The number of benzene rings is 1. The first-order valence-electron chi connectivity index (χ1n) is 5.70. The zero-order valence-electron chi connectivity index (χ0n) is 10.6. The molecule has 0 atom stereocenters. The maximum Gasteiger partial charge on any atom is 0.257 e. The van der Waals surface area contributed by atoms with E-state index in [-0.39, 0.29) is 17.7 Å². The molecule has 0 radical (unpaired) electrons. The molecule has 1 heterocycles. The fourth-order valence-electron chi connectivity index (χ4n) is 1.42. The van der Waals surface area contributed by atoms with Gasteiger partial charge in [-0.1, -0.05) is 23.2 Å². The Balaban J connectivity index is 2.16. The summed E-state index contributed by atoms with van der Waals surface area (Å²) >= 11 is 1.25. The standard InChI is InChI=1S/C13H11FN4OS/c1-8-17-18-13(20-8)16-12(19)10-5-4-9(3-2-6-15)11(14)7-10/h4-5,7H,6,15H2,1H3,(H,16,18,19). The van der Waals surface area contributed by atoms with Crippen molar-refractivity contribution in [3.8, 4) is 11.8 Å². The van der Waals surface area contributed by atoms with E-state index in [1.54, 1.807) is 6.92 Å². The minimum atomic E-state index is -0.563. The van der Waals surface area contributed by atoms with Crippen molar-refractivity contribution in [2.75, 3.05) is 11.9 Å². The van der Waals surface area contributed by atoms with Crippen molar-refractivity contribution in [2.45, 2.75) is 6.92 Å². The van der Waals surface area contributed by atoms with Gasteiger partial charge in [-0.05, 0) is 25.1 Å². The lowest BCUT2D eigenvalue weighted by Crippen LogP contribution is -2.12. The second-order valence-electron chi connectivity index (χ2n) is 3.78. The van der Waals surface area contributed by atoms with E-state index >= 15 is 0 Å². The molecule has 7 heteroatoms. The molecule has 1 aromatic carbocycles. The summed E-state index contributed by atoms with van der Waals surface area (Å²) in [6.07, 6.45) is 0. The topological polar surface area (TPSA) is 80.9 Å². The number of hydrogen-bond acceptors (Lipinski definition) is 5. The van der Waals surface area contributed by atoms with E-state index in [0.29, 0.717) is 5.13 Å². The van der Waals surface area contributed by atoms with Crippen LogP contribution in [0, 0.1) is 24.6 Å². The molecule has 0 aliphatic carbocycles. The second-order valence-corrected chi connectivity index (χ2v) is 4.96. The van der Waals surface area contributed by atoms with E-state index in [2.05, 4.69) is 27.4 Å². The van der Waals surface area contributed by atoms with Gasteiger partial charge in [0, 0.05) is 5.56 Å². The molecule has 0 aliphatic heterocycles. The summed E-state index contributed by atoms with van der Waals surface area (Å²) in [6.45, 7) is 1.93. The lowest BCUT2D eigenvalue weighted by atomic mass is 10.1. The Hall–Kier alpha value is -2.30. The third-order valence-corrected chi connectivity index (χ3v) is 3.06. The zero-order chi connectivity index (χ0) is 14.5. The van der Waals surface area contributed by atoms with Crippen LogP contribution in [0.4, 0.5) is 9.52 Å². The number of rotatable bonds is 2. The normalized spacial score (nSPS) is 9.75. The number of carbonyl (C=O) groups excluding carboxylic acids is 1. The van der Waals surface area contributed by atoms with Crippen LogP contribution in [0.25, 0.3) is 0 Å². The Morgan fingerprint density at radius 1 is 1.50 bits per heavy atom. The van der Waals surface area contributed by atoms with Crippen LogP contribution in [-0.4, -0.2) is 22.6 Å². The Labute approximate surface area is 119 Å². The summed E-state index contributed by atoms with van der Waals surface area (Å²) in [5.74, 6) is 4.14. The predicted octanol–water partition coefficient (Wildman–Crippen LogP) is 1.55. The van der Waals surface area contributed by atoms with Crippen molar-refractivity contribution < 1.29 is 9.18 Å². The van der Waals surface area contributed by atoms with Gasteiger partial charge in [0.25, 0.3) is 5.91 Å². The zero-order valence-corrected chi connectivity index (χ0v) is 11.4. The van der Waals surface area contributed by atoms with Crippen molar-refractivity contribution in [2.24, 2.45) is 5.73 Å². The van der Waals surface area contributed by atoms with Crippen molar-refractivity contribution in [3.63, 3.8) is 0 Å². The van der Waals surface area contributed by atoms with Crippen LogP contribution in [0.5, 0.6) is 0 Å². The number of hydrogen-bond donors (Lipinski definition) is 2. The van der Waals surface area contributed by atoms with Crippen LogP contribution in [0.3, 0.4) is 0 Å². The highest BCUT2D eigenvalue weighted by Crippen LogP contribution is 2.16. The van der Waals surface area contributed by atoms with Crippen molar-refractivity contribution in [1.29, 1.82) is 0 Å². The highest BCUT2D eigenvalue weighted by molar-refractivity contribution is 7.15. The van der Waals surface area contributed by atoms with Gasteiger partial charge in [-0.3, -0.25) is 10.1 Å². The van der Waals surface area contributed by atoms with Crippen molar-refractivity contribution in [3.05, 3.63) is 40.2 Å². The number of aromatic nitrogens is 2. The van der Waals surface area contributed by atoms with Crippen molar-refractivity contribution in [1.82, 2.24) is 10.2 Å². The van der Waals surface area contributed by atoms with E-state index in [4.69, 9.17) is 5.73 Å². The van der Waals surface area contributed by atoms with Crippen LogP contribution in [-0.2, 0) is 0 Å². The molecule has 20 heavy (non-hydrogen) atoms. The maximum absolute atomic E-state index is 13.7. The highest BCUT2D eigenvalue weighted by Gasteiger charge is 2.11. The van der Waals surface area contributed by atoms with Crippen LogP contribution in [0.1, 0.15) is 20.9 Å². The van der Waals surface area contributed by atoms with Gasteiger partial charge in [0.15, 0.2) is 0 Å². The van der Waals surface area contributed by atoms with E-state index in [1.165, 1.54) is 23.5 Å². The molecule has 102 valence electrons. The summed E-state index contributed by atoms with van der Waals surface area (Å²) < 4.78 is 13.7. The van der Waals surface area contributed by atoms with E-state index in [1.807, 2.05) is 0 Å². The average Bonchev–Trinajstić information content (AvgIpc) is 2.82. The monoisotopic (exact) mass is 290 g/mol. The van der Waals surface area contributed by atoms with Gasteiger partial charge < -0.3 is 5.73 Å². The molecule has 2 aromatic rings. The largest absolute Gasteiger partial charge is 0.320 e. The summed E-state index contributed by atoms with van der Waals surface area (Å²) in [5.41, 5.74) is 5.62. The van der Waals surface area contributed by atoms with Crippen LogP contribution < -0.4 is 11.1 Å². The summed E-state index contributed by atoms with van der Waals surface area (Å²) in [5, 5.41) is 11.2. The van der Waals surface area contributed by atoms with E-state index < -0.39 is 11.7 Å². The van der Waals surface area contributed by atoms with Gasteiger partial charge in [0.05, 0.1) is 12.1 Å². The fourth-order valence-corrected chi connectivity index (χ4v) is 2.01. The molecule has 0 bridgehead atoms. The van der Waals surface area contributed by atoms with Gasteiger partial charge in [-0.25, -0.2) is 4.39 Å². The number of halogens is 1. The molecule has 1 amide bonds. The number of nitrogens with zero attached hydrogens (tertiary/aromatic N) is 2. The van der Waals surface area contributed by atoms with E-state index in [0.717, 1.165) is 11.1 Å². The molecule has 0 unspecified atom stereocenters. The Morgan fingerprint density at radius 3 is 2.90 bits per heavy atom. The molecule has 0 spiro atoms. The SMILES string of the molecule is Cc1nnc(NC(=O)c2ccc(C#CCN)c(F)c2)s1. The lowest BCUT2D eigenvalue weighted by Gasteiger charge is -2.02. The Bertz CT molecular complexity index is 702. The third-order valence-electron chi connectivity index (χ3n) is 2.30. The van der Waals surface area contributed by atoms with Crippen LogP contribution in [0.15, 0.2) is 18.2 Å². The van der Waals surface area contributed by atoms with Gasteiger partial charge >= 0.3 is 0 Å². The van der Waals surface area contributed by atoms with Gasteiger partial charge in [0.2, 0.25) is 5.13 Å². The third kappa shape index (κ3) is 3.38. The van der Waals surface area contributed by atoms with Crippen molar-refractivity contribution >= 4 is 22.4 Å². The predicted molar refractivity (Wildman–Crippen MR) is 74.9 cm³/mol. The molecular weight excluding hydrogens is 279 g/mol. The second kappa shape index (κ2) is 6.23. The molecular formula is C13H11FN4OS. The minimum absolute atomic E-state index is 0.151. The molecule has 0 saturated heterocycles. The number of anilines is 1. The quantitative estimate of drug-likeness (QED) is 0.822. The molecule has 5 nitrogen and oxygen atoms in total. The average molecular weight is 290 g/mol. The smallest absolute Gasteiger partial charge is 0.257 e. The van der Waals surface area contributed by atoms with Gasteiger partial charge in [-0.2, -0.15) is 0 Å². The first-order chi connectivity index (χ1) is 9.60. The Kier molecular flexibility index (Phi) is 4.40. The molecule has 3 N–H and O–H groups in total. The molecule has 2 rings (SSSR count). The molecule has 1 aromatic heterocycles. The maximum atomic E-state index is 13.7. The molecule has 0 fully saturated rings.